The number of carbonyl (C=O) groups excluding carboxylic acids is 2. The second-order valence-electron chi connectivity index (χ2n) is 8.38. The summed E-state index contributed by atoms with van der Waals surface area (Å²) in [5, 5.41) is 2.83. The van der Waals surface area contributed by atoms with Crippen LogP contribution in [0.15, 0.2) is 53.0 Å². The largest absolute Gasteiger partial charge is 0.352 e. The quantitative estimate of drug-likeness (QED) is 0.452. The lowest BCUT2D eigenvalue weighted by molar-refractivity contribution is -0.140. The second kappa shape index (κ2) is 12.3. The molecule has 7 nitrogen and oxygen atoms in total. The van der Waals surface area contributed by atoms with Crippen LogP contribution in [0.1, 0.15) is 39.2 Å². The average molecular weight is 556 g/mol. The third-order valence-corrected chi connectivity index (χ3v) is 6.79. The van der Waals surface area contributed by atoms with E-state index in [4.69, 9.17) is 0 Å². The smallest absolute Gasteiger partial charge is 0.242 e. The van der Waals surface area contributed by atoms with Crippen molar-refractivity contribution in [2.24, 2.45) is 0 Å². The predicted octanol–water partition coefficient (Wildman–Crippen LogP) is 4.08. The SMILES string of the molecule is CC(C)NC(=O)C(C)N(Cc1cccc(Br)c1)C(=O)CCCN(c1ccccc1F)S(C)(=O)=O. The molecule has 0 heterocycles. The molecule has 0 aliphatic rings. The summed E-state index contributed by atoms with van der Waals surface area (Å²) in [6.45, 7) is 5.49. The molecule has 1 N–H and O–H groups in total. The first-order valence-corrected chi connectivity index (χ1v) is 13.6. The summed E-state index contributed by atoms with van der Waals surface area (Å²) >= 11 is 3.42. The van der Waals surface area contributed by atoms with Crippen LogP contribution in [0, 0.1) is 5.82 Å². The van der Waals surface area contributed by atoms with Gasteiger partial charge in [-0.2, -0.15) is 0 Å². The standard InChI is InChI=1S/C24H31BrFN3O4S/c1-17(2)27-24(31)18(3)28(16-19-9-7-10-20(25)15-19)23(30)13-8-14-29(34(4,32)33)22-12-6-5-11-21(22)26/h5-7,9-12,15,17-18H,8,13-14,16H2,1-4H3,(H,27,31). The molecule has 2 rings (SSSR count). The number of sulfonamides is 1. The number of benzene rings is 2. The number of para-hydroxylation sites is 1. The zero-order chi connectivity index (χ0) is 25.5. The molecule has 0 aliphatic heterocycles. The third-order valence-electron chi connectivity index (χ3n) is 5.11. The molecule has 0 bridgehead atoms. The number of nitrogens with one attached hydrogen (secondary N) is 1. The molecule has 0 saturated carbocycles. The molecule has 0 aliphatic carbocycles. The highest BCUT2D eigenvalue weighted by Crippen LogP contribution is 2.22. The van der Waals surface area contributed by atoms with Gasteiger partial charge in [-0.25, -0.2) is 12.8 Å². The van der Waals surface area contributed by atoms with Gasteiger partial charge in [-0.05, 0) is 57.0 Å². The van der Waals surface area contributed by atoms with Gasteiger partial charge in [0, 0.05) is 30.0 Å². The zero-order valence-electron chi connectivity index (χ0n) is 19.8. The molecular weight excluding hydrogens is 525 g/mol. The Bertz CT molecular complexity index is 1110. The van der Waals surface area contributed by atoms with E-state index in [0.29, 0.717) is 0 Å². The second-order valence-corrected chi connectivity index (χ2v) is 11.2. The van der Waals surface area contributed by atoms with Gasteiger partial charge < -0.3 is 10.2 Å². The van der Waals surface area contributed by atoms with Crippen molar-refractivity contribution in [1.82, 2.24) is 10.2 Å². The van der Waals surface area contributed by atoms with Crippen LogP contribution >= 0.6 is 15.9 Å². The molecule has 186 valence electrons. The number of halogens is 2. The highest BCUT2D eigenvalue weighted by Gasteiger charge is 2.27. The van der Waals surface area contributed by atoms with Crippen molar-refractivity contribution in [3.8, 4) is 0 Å². The molecule has 2 amide bonds. The fraction of sp³-hybridized carbons (Fsp3) is 0.417. The number of rotatable bonds is 11. The van der Waals surface area contributed by atoms with Crippen molar-refractivity contribution in [2.75, 3.05) is 17.1 Å². The number of hydrogen-bond acceptors (Lipinski definition) is 4. The maximum absolute atomic E-state index is 14.2. The first-order valence-electron chi connectivity index (χ1n) is 11.0. The molecule has 0 radical (unpaired) electrons. The van der Waals surface area contributed by atoms with Gasteiger partial charge in [-0.1, -0.05) is 40.2 Å². The Morgan fingerprint density at radius 3 is 2.35 bits per heavy atom. The van der Waals surface area contributed by atoms with Crippen LogP contribution in [0.25, 0.3) is 0 Å². The van der Waals surface area contributed by atoms with Crippen LogP contribution in [-0.2, 0) is 26.2 Å². The minimum atomic E-state index is -3.76. The highest BCUT2D eigenvalue weighted by molar-refractivity contribution is 9.10. The van der Waals surface area contributed by atoms with Gasteiger partial charge in [0.1, 0.15) is 11.9 Å². The molecule has 2 aromatic carbocycles. The van der Waals surface area contributed by atoms with Crippen LogP contribution in [0.2, 0.25) is 0 Å². The maximum Gasteiger partial charge on any atom is 0.242 e. The van der Waals surface area contributed by atoms with E-state index in [1.165, 1.54) is 23.1 Å². The lowest BCUT2D eigenvalue weighted by Crippen LogP contribution is -2.49. The Balaban J connectivity index is 2.18. The van der Waals surface area contributed by atoms with Gasteiger partial charge in [0.05, 0.1) is 11.9 Å². The van der Waals surface area contributed by atoms with E-state index in [9.17, 15) is 22.4 Å². The van der Waals surface area contributed by atoms with Crippen molar-refractivity contribution in [3.63, 3.8) is 0 Å². The average Bonchev–Trinajstić information content (AvgIpc) is 2.74. The van der Waals surface area contributed by atoms with Crippen molar-refractivity contribution in [3.05, 3.63) is 64.4 Å². The number of anilines is 1. The molecule has 0 aromatic heterocycles. The summed E-state index contributed by atoms with van der Waals surface area (Å²) in [6.07, 6.45) is 1.15. The number of carbonyl (C=O) groups is 2. The van der Waals surface area contributed by atoms with Gasteiger partial charge >= 0.3 is 0 Å². The van der Waals surface area contributed by atoms with Crippen molar-refractivity contribution < 1.29 is 22.4 Å². The first-order chi connectivity index (χ1) is 15.9. The fourth-order valence-corrected chi connectivity index (χ4v) is 4.87. The maximum atomic E-state index is 14.2. The lowest BCUT2D eigenvalue weighted by atomic mass is 10.1. The van der Waals surface area contributed by atoms with E-state index in [1.807, 2.05) is 38.1 Å². The van der Waals surface area contributed by atoms with E-state index in [-0.39, 0.29) is 49.5 Å². The van der Waals surface area contributed by atoms with E-state index in [0.717, 1.165) is 20.6 Å². The molecule has 34 heavy (non-hydrogen) atoms. The summed E-state index contributed by atoms with van der Waals surface area (Å²) in [5.74, 6) is -1.23. The van der Waals surface area contributed by atoms with E-state index in [1.54, 1.807) is 13.0 Å². The molecule has 10 heteroatoms. The van der Waals surface area contributed by atoms with Crippen molar-refractivity contribution >= 4 is 43.5 Å². The Kier molecular flexibility index (Phi) is 10.1. The summed E-state index contributed by atoms with van der Waals surface area (Å²) in [4.78, 5) is 27.3. The van der Waals surface area contributed by atoms with Gasteiger partial charge in [-0.15, -0.1) is 0 Å². The summed E-state index contributed by atoms with van der Waals surface area (Å²) in [6, 6.07) is 12.2. The Morgan fingerprint density at radius 1 is 1.09 bits per heavy atom. The topological polar surface area (TPSA) is 86.8 Å². The van der Waals surface area contributed by atoms with Crippen LogP contribution in [0.3, 0.4) is 0 Å². The number of amides is 2. The zero-order valence-corrected chi connectivity index (χ0v) is 22.2. The third kappa shape index (κ3) is 8.09. The summed E-state index contributed by atoms with van der Waals surface area (Å²) in [7, 11) is -3.76. The van der Waals surface area contributed by atoms with Gasteiger partial charge in [0.15, 0.2) is 0 Å². The Hall–Kier alpha value is -2.46. The number of nitrogens with zero attached hydrogens (tertiary/aromatic N) is 2. The summed E-state index contributed by atoms with van der Waals surface area (Å²) in [5.41, 5.74) is 0.782. The highest BCUT2D eigenvalue weighted by atomic mass is 79.9. The van der Waals surface area contributed by atoms with Gasteiger partial charge in [0.25, 0.3) is 0 Å². The first kappa shape index (κ1) is 27.8. The van der Waals surface area contributed by atoms with E-state index < -0.39 is 21.9 Å². The molecule has 0 spiro atoms. The predicted molar refractivity (Wildman–Crippen MR) is 135 cm³/mol. The fourth-order valence-electron chi connectivity index (χ4n) is 3.46. The normalized spacial score (nSPS) is 12.3. The minimum absolute atomic E-state index is 0.00618. The van der Waals surface area contributed by atoms with Crippen molar-refractivity contribution in [2.45, 2.75) is 52.2 Å². The minimum Gasteiger partial charge on any atom is -0.352 e. The van der Waals surface area contributed by atoms with Gasteiger partial charge in [-0.3, -0.25) is 13.9 Å². The van der Waals surface area contributed by atoms with Gasteiger partial charge in [0.2, 0.25) is 21.8 Å². The van der Waals surface area contributed by atoms with Crippen LogP contribution in [0.4, 0.5) is 10.1 Å². The molecule has 0 saturated heterocycles. The molecular formula is C24H31BrFN3O4S. The van der Waals surface area contributed by atoms with Crippen LogP contribution < -0.4 is 9.62 Å². The Morgan fingerprint density at radius 2 is 1.76 bits per heavy atom. The molecule has 1 atom stereocenters. The monoisotopic (exact) mass is 555 g/mol. The molecule has 2 aromatic rings. The van der Waals surface area contributed by atoms with Crippen molar-refractivity contribution in [1.29, 1.82) is 0 Å². The van der Waals surface area contributed by atoms with E-state index >= 15 is 0 Å². The molecule has 0 fully saturated rings. The number of hydrogen-bond donors (Lipinski definition) is 1. The molecule has 1 unspecified atom stereocenters. The van der Waals surface area contributed by atoms with Crippen LogP contribution in [0.5, 0.6) is 0 Å². The lowest BCUT2D eigenvalue weighted by Gasteiger charge is -2.30. The van der Waals surface area contributed by atoms with Crippen LogP contribution in [-0.4, -0.2) is 50.0 Å². The summed E-state index contributed by atoms with van der Waals surface area (Å²) < 4.78 is 40.6. The van der Waals surface area contributed by atoms with E-state index in [2.05, 4.69) is 21.2 Å². The Labute approximate surface area is 209 Å².